The number of benzene rings is 1. The van der Waals surface area contributed by atoms with Gasteiger partial charge in [-0.05, 0) is 36.7 Å². The van der Waals surface area contributed by atoms with E-state index in [1.807, 2.05) is 26.0 Å². The van der Waals surface area contributed by atoms with E-state index in [2.05, 4.69) is 12.2 Å². The van der Waals surface area contributed by atoms with E-state index in [1.54, 1.807) is 12.1 Å². The SMILES string of the molecule is CC(C)[C@@H]1CC[C@@H](C)C[C@@]1(O)C(=O)NCC1OC(=O)c2ccccc21. The zero-order valence-electron chi connectivity index (χ0n) is 15.1. The van der Waals surface area contributed by atoms with Crippen LogP contribution >= 0.6 is 0 Å². The number of carbonyl (C=O) groups excluding carboxylic acids is 2. The van der Waals surface area contributed by atoms with Gasteiger partial charge in [-0.3, -0.25) is 4.79 Å². The molecule has 2 N–H and O–H groups in total. The number of esters is 1. The van der Waals surface area contributed by atoms with Gasteiger partial charge in [-0.2, -0.15) is 0 Å². The number of nitrogens with one attached hydrogen (secondary N) is 1. The van der Waals surface area contributed by atoms with Crippen LogP contribution in [0.1, 0.15) is 62.1 Å². The number of hydrogen-bond donors (Lipinski definition) is 2. The van der Waals surface area contributed by atoms with Crippen molar-refractivity contribution >= 4 is 11.9 Å². The normalized spacial score (nSPS) is 31.6. The zero-order valence-corrected chi connectivity index (χ0v) is 15.1. The highest BCUT2D eigenvalue weighted by Gasteiger charge is 2.48. The maximum absolute atomic E-state index is 12.8. The number of fused-ring (bicyclic) bond motifs is 1. The fourth-order valence-electron chi connectivity index (χ4n) is 4.34. The molecule has 1 unspecified atom stereocenters. The maximum Gasteiger partial charge on any atom is 0.339 e. The molecule has 1 heterocycles. The molecule has 0 radical (unpaired) electrons. The molecule has 1 aliphatic heterocycles. The first-order chi connectivity index (χ1) is 11.8. The lowest BCUT2D eigenvalue weighted by Gasteiger charge is -2.43. The molecule has 25 heavy (non-hydrogen) atoms. The predicted molar refractivity (Wildman–Crippen MR) is 93.9 cm³/mol. The van der Waals surface area contributed by atoms with E-state index in [-0.39, 0.29) is 30.3 Å². The van der Waals surface area contributed by atoms with Crippen molar-refractivity contribution in [1.82, 2.24) is 5.32 Å². The molecular formula is C20H27NO4. The summed E-state index contributed by atoms with van der Waals surface area (Å²) in [6, 6.07) is 7.21. The third kappa shape index (κ3) is 3.30. The quantitative estimate of drug-likeness (QED) is 0.823. The van der Waals surface area contributed by atoms with Gasteiger partial charge in [0, 0.05) is 5.56 Å². The van der Waals surface area contributed by atoms with Crippen LogP contribution in [0.3, 0.4) is 0 Å². The summed E-state index contributed by atoms with van der Waals surface area (Å²) in [4.78, 5) is 24.7. The Morgan fingerprint density at radius 2 is 2.08 bits per heavy atom. The summed E-state index contributed by atoms with van der Waals surface area (Å²) in [5.41, 5.74) is -0.0162. The number of rotatable bonds is 4. The second-order valence-corrected chi connectivity index (χ2v) is 7.85. The van der Waals surface area contributed by atoms with Crippen molar-refractivity contribution in [3.05, 3.63) is 35.4 Å². The lowest BCUT2D eigenvalue weighted by atomic mass is 9.66. The number of hydrogen-bond acceptors (Lipinski definition) is 4. The van der Waals surface area contributed by atoms with Gasteiger partial charge in [0.05, 0.1) is 12.1 Å². The minimum atomic E-state index is -1.35. The Hall–Kier alpha value is -1.88. The van der Waals surface area contributed by atoms with Crippen LogP contribution in [0.4, 0.5) is 0 Å². The lowest BCUT2D eigenvalue weighted by molar-refractivity contribution is -0.156. The summed E-state index contributed by atoms with van der Waals surface area (Å²) in [7, 11) is 0. The van der Waals surface area contributed by atoms with E-state index >= 15 is 0 Å². The standard InChI is InChI=1S/C20H27NO4/c1-12(2)16-9-8-13(3)10-20(16,24)19(23)21-11-17-14-6-4-5-7-15(14)18(22)25-17/h4-7,12-13,16-17,24H,8-11H2,1-3H3,(H,21,23)/t13-,16+,17?,20+/m1/s1. The molecule has 1 amide bonds. The van der Waals surface area contributed by atoms with Gasteiger partial charge in [-0.25, -0.2) is 4.79 Å². The summed E-state index contributed by atoms with van der Waals surface area (Å²) in [6.07, 6.45) is 1.87. The van der Waals surface area contributed by atoms with Crippen LogP contribution in [0.15, 0.2) is 24.3 Å². The topological polar surface area (TPSA) is 75.6 Å². The molecule has 5 nitrogen and oxygen atoms in total. The van der Waals surface area contributed by atoms with Crippen LogP contribution < -0.4 is 5.32 Å². The van der Waals surface area contributed by atoms with Gasteiger partial charge in [-0.15, -0.1) is 0 Å². The highest BCUT2D eigenvalue weighted by molar-refractivity contribution is 5.94. The minimum absolute atomic E-state index is 0.0536. The van der Waals surface area contributed by atoms with Gasteiger partial charge < -0.3 is 15.2 Å². The summed E-state index contributed by atoms with van der Waals surface area (Å²) >= 11 is 0. The lowest BCUT2D eigenvalue weighted by Crippen LogP contribution is -2.56. The third-order valence-corrected chi connectivity index (χ3v) is 5.67. The van der Waals surface area contributed by atoms with Crippen LogP contribution in [-0.4, -0.2) is 29.1 Å². The molecule has 2 aliphatic rings. The summed E-state index contributed by atoms with van der Waals surface area (Å²) < 4.78 is 5.36. The highest BCUT2D eigenvalue weighted by Crippen LogP contribution is 2.41. The molecule has 136 valence electrons. The Kier molecular flexibility index (Phi) is 4.87. The number of amides is 1. The number of carbonyl (C=O) groups is 2. The van der Waals surface area contributed by atoms with Crippen molar-refractivity contribution in [2.24, 2.45) is 17.8 Å². The first kappa shape index (κ1) is 17.9. The van der Waals surface area contributed by atoms with Crippen molar-refractivity contribution in [3.63, 3.8) is 0 Å². The second-order valence-electron chi connectivity index (χ2n) is 7.85. The monoisotopic (exact) mass is 345 g/mol. The largest absolute Gasteiger partial charge is 0.452 e. The van der Waals surface area contributed by atoms with E-state index in [0.29, 0.717) is 17.9 Å². The van der Waals surface area contributed by atoms with E-state index < -0.39 is 11.7 Å². The van der Waals surface area contributed by atoms with Crippen LogP contribution in [0.25, 0.3) is 0 Å². The Labute approximate surface area is 148 Å². The minimum Gasteiger partial charge on any atom is -0.452 e. The fourth-order valence-corrected chi connectivity index (χ4v) is 4.34. The summed E-state index contributed by atoms with van der Waals surface area (Å²) in [5.74, 6) is -0.218. The Morgan fingerprint density at radius 1 is 1.36 bits per heavy atom. The van der Waals surface area contributed by atoms with E-state index in [9.17, 15) is 14.7 Å². The van der Waals surface area contributed by atoms with Crippen LogP contribution in [0.5, 0.6) is 0 Å². The van der Waals surface area contributed by atoms with E-state index in [1.165, 1.54) is 0 Å². The smallest absolute Gasteiger partial charge is 0.339 e. The first-order valence-electron chi connectivity index (χ1n) is 9.13. The first-order valence-corrected chi connectivity index (χ1v) is 9.13. The Morgan fingerprint density at radius 3 is 2.80 bits per heavy atom. The van der Waals surface area contributed by atoms with Crippen molar-refractivity contribution in [3.8, 4) is 0 Å². The molecule has 1 saturated carbocycles. The van der Waals surface area contributed by atoms with Crippen LogP contribution in [0, 0.1) is 17.8 Å². The van der Waals surface area contributed by atoms with Crippen molar-refractivity contribution in [1.29, 1.82) is 0 Å². The summed E-state index contributed by atoms with van der Waals surface area (Å²) in [6.45, 7) is 6.36. The van der Waals surface area contributed by atoms with Crippen molar-refractivity contribution in [2.45, 2.75) is 51.7 Å². The average Bonchev–Trinajstić information content (AvgIpc) is 2.89. The molecule has 1 aromatic carbocycles. The maximum atomic E-state index is 12.8. The molecular weight excluding hydrogens is 318 g/mol. The van der Waals surface area contributed by atoms with E-state index in [4.69, 9.17) is 4.74 Å². The molecule has 0 bridgehead atoms. The number of ether oxygens (including phenoxy) is 1. The second kappa shape index (κ2) is 6.79. The Balaban J connectivity index is 1.71. The van der Waals surface area contributed by atoms with Gasteiger partial charge >= 0.3 is 5.97 Å². The number of aliphatic hydroxyl groups is 1. The predicted octanol–water partition coefficient (Wildman–Crippen LogP) is 2.84. The fraction of sp³-hybridized carbons (Fsp3) is 0.600. The Bertz CT molecular complexity index is 671. The van der Waals surface area contributed by atoms with Gasteiger partial charge in [0.25, 0.3) is 5.91 Å². The molecule has 1 fully saturated rings. The highest BCUT2D eigenvalue weighted by atomic mass is 16.5. The third-order valence-electron chi connectivity index (χ3n) is 5.67. The zero-order chi connectivity index (χ0) is 18.2. The molecule has 0 saturated heterocycles. The van der Waals surface area contributed by atoms with Crippen molar-refractivity contribution in [2.75, 3.05) is 6.54 Å². The molecule has 3 rings (SSSR count). The molecule has 4 atom stereocenters. The van der Waals surface area contributed by atoms with Gasteiger partial charge in [-0.1, -0.05) is 45.4 Å². The molecule has 1 aromatic rings. The molecule has 0 spiro atoms. The number of cyclic esters (lactones) is 1. The van der Waals surface area contributed by atoms with Crippen LogP contribution in [0.2, 0.25) is 0 Å². The van der Waals surface area contributed by atoms with Gasteiger partial charge in [0.15, 0.2) is 0 Å². The van der Waals surface area contributed by atoms with Crippen LogP contribution in [-0.2, 0) is 9.53 Å². The average molecular weight is 345 g/mol. The van der Waals surface area contributed by atoms with Gasteiger partial charge in [0.2, 0.25) is 0 Å². The summed E-state index contributed by atoms with van der Waals surface area (Å²) in [5, 5.41) is 14.0. The molecule has 0 aromatic heterocycles. The molecule has 1 aliphatic carbocycles. The van der Waals surface area contributed by atoms with E-state index in [0.717, 1.165) is 18.4 Å². The van der Waals surface area contributed by atoms with Crippen molar-refractivity contribution < 1.29 is 19.4 Å². The molecule has 5 heteroatoms. The van der Waals surface area contributed by atoms with Gasteiger partial charge in [0.1, 0.15) is 11.7 Å².